The van der Waals surface area contributed by atoms with E-state index in [2.05, 4.69) is 10.6 Å². The largest absolute Gasteiger partial charge is 0.459 e. The summed E-state index contributed by atoms with van der Waals surface area (Å²) in [5, 5.41) is 5.63. The highest BCUT2D eigenvalue weighted by Gasteiger charge is 2.28. The van der Waals surface area contributed by atoms with Crippen LogP contribution in [0, 0.1) is 6.92 Å². The first kappa shape index (κ1) is 24.5. The van der Waals surface area contributed by atoms with Crippen molar-refractivity contribution in [1.82, 2.24) is 14.5 Å². The third-order valence-corrected chi connectivity index (χ3v) is 7.71. The van der Waals surface area contributed by atoms with Gasteiger partial charge in [0, 0.05) is 38.4 Å². The highest BCUT2D eigenvalue weighted by atomic mass is 32.2. The van der Waals surface area contributed by atoms with Crippen LogP contribution >= 0.6 is 0 Å². The number of sulfonamides is 1. The lowest BCUT2D eigenvalue weighted by atomic mass is 10.2. The maximum atomic E-state index is 13.0. The lowest BCUT2D eigenvalue weighted by Gasteiger charge is -2.22. The van der Waals surface area contributed by atoms with Gasteiger partial charge in [-0.2, -0.15) is 4.31 Å². The standard InChI is InChI=1S/C25H28N4O5S/c1-19-5-11-22(12-6-19)35(32,33)29-14-3-13-28(15-16-29)25(31)26-18-20-7-9-21(10-8-20)27-24(30)23-4-2-17-34-23/h2,4-12,17H,3,13-16,18H2,1H3,(H,26,31)(H,27,30). The fraction of sp³-hybridized carbons (Fsp3) is 0.280. The van der Waals surface area contributed by atoms with Crippen LogP contribution in [0.15, 0.2) is 76.2 Å². The van der Waals surface area contributed by atoms with Crippen LogP contribution in [0.1, 0.15) is 28.1 Å². The van der Waals surface area contributed by atoms with E-state index in [-0.39, 0.29) is 29.1 Å². The molecule has 184 valence electrons. The van der Waals surface area contributed by atoms with Gasteiger partial charge in [0.2, 0.25) is 10.0 Å². The molecule has 4 rings (SSSR count). The minimum absolute atomic E-state index is 0.226. The molecule has 3 amide bonds. The number of carbonyl (C=O) groups is 2. The smallest absolute Gasteiger partial charge is 0.317 e. The summed E-state index contributed by atoms with van der Waals surface area (Å²) in [5.74, 6) is -0.111. The van der Waals surface area contributed by atoms with Crippen molar-refractivity contribution in [2.24, 2.45) is 0 Å². The number of hydrogen-bond donors (Lipinski definition) is 2. The molecule has 0 unspecified atom stereocenters. The Balaban J connectivity index is 1.28. The van der Waals surface area contributed by atoms with Crippen molar-refractivity contribution in [2.45, 2.75) is 24.8 Å². The highest BCUT2D eigenvalue weighted by Crippen LogP contribution is 2.18. The molecule has 0 atom stereocenters. The molecule has 0 aliphatic carbocycles. The highest BCUT2D eigenvalue weighted by molar-refractivity contribution is 7.89. The van der Waals surface area contributed by atoms with Gasteiger partial charge < -0.3 is 20.0 Å². The second-order valence-electron chi connectivity index (χ2n) is 8.34. The Morgan fingerprint density at radius 3 is 2.37 bits per heavy atom. The fourth-order valence-corrected chi connectivity index (χ4v) is 5.26. The summed E-state index contributed by atoms with van der Waals surface area (Å²) in [5.41, 5.74) is 2.48. The Morgan fingerprint density at radius 1 is 0.943 bits per heavy atom. The van der Waals surface area contributed by atoms with Crippen LogP contribution in [0.2, 0.25) is 0 Å². The zero-order chi connectivity index (χ0) is 24.8. The molecule has 0 bridgehead atoms. The SMILES string of the molecule is Cc1ccc(S(=O)(=O)N2CCCN(C(=O)NCc3ccc(NC(=O)c4ccco4)cc3)CC2)cc1. The Bertz CT molecular complexity index is 1260. The first-order valence-corrected chi connectivity index (χ1v) is 12.8. The van der Waals surface area contributed by atoms with Gasteiger partial charge in [0.15, 0.2) is 5.76 Å². The average Bonchev–Trinajstić information content (AvgIpc) is 3.28. The molecule has 10 heteroatoms. The van der Waals surface area contributed by atoms with E-state index >= 15 is 0 Å². The predicted molar refractivity (Wildman–Crippen MR) is 131 cm³/mol. The van der Waals surface area contributed by atoms with Crippen LogP contribution in [0.25, 0.3) is 0 Å². The van der Waals surface area contributed by atoms with Gasteiger partial charge in [0.05, 0.1) is 11.2 Å². The van der Waals surface area contributed by atoms with E-state index in [4.69, 9.17) is 4.42 Å². The molecule has 0 radical (unpaired) electrons. The van der Waals surface area contributed by atoms with Gasteiger partial charge in [-0.15, -0.1) is 0 Å². The Kier molecular flexibility index (Phi) is 7.52. The maximum absolute atomic E-state index is 13.0. The molecule has 9 nitrogen and oxygen atoms in total. The number of carbonyl (C=O) groups excluding carboxylic acids is 2. The van der Waals surface area contributed by atoms with Crippen LogP contribution in [-0.4, -0.2) is 55.7 Å². The summed E-state index contributed by atoms with van der Waals surface area (Å²) in [6, 6.07) is 16.9. The van der Waals surface area contributed by atoms with Gasteiger partial charge in [-0.25, -0.2) is 13.2 Å². The molecule has 3 aromatic rings. The fourth-order valence-electron chi connectivity index (χ4n) is 3.79. The molecule has 1 fully saturated rings. The van der Waals surface area contributed by atoms with E-state index in [0.29, 0.717) is 38.3 Å². The average molecular weight is 497 g/mol. The van der Waals surface area contributed by atoms with Gasteiger partial charge >= 0.3 is 6.03 Å². The molecule has 1 aliphatic rings. The van der Waals surface area contributed by atoms with E-state index in [9.17, 15) is 18.0 Å². The van der Waals surface area contributed by atoms with Crippen molar-refractivity contribution in [3.8, 4) is 0 Å². The third-order valence-electron chi connectivity index (χ3n) is 5.80. The molecule has 2 aromatic carbocycles. The van der Waals surface area contributed by atoms with E-state index < -0.39 is 10.0 Å². The Morgan fingerprint density at radius 2 is 1.69 bits per heavy atom. The Labute approximate surface area is 204 Å². The second-order valence-corrected chi connectivity index (χ2v) is 10.3. The van der Waals surface area contributed by atoms with Crippen LogP contribution in [0.3, 0.4) is 0 Å². The summed E-state index contributed by atoms with van der Waals surface area (Å²) in [6.07, 6.45) is 1.99. The van der Waals surface area contributed by atoms with Crippen LogP contribution in [0.5, 0.6) is 0 Å². The van der Waals surface area contributed by atoms with Gasteiger partial charge in [-0.3, -0.25) is 4.79 Å². The van der Waals surface area contributed by atoms with Crippen molar-refractivity contribution in [3.05, 3.63) is 83.8 Å². The lowest BCUT2D eigenvalue weighted by Crippen LogP contribution is -2.42. The maximum Gasteiger partial charge on any atom is 0.317 e. The minimum atomic E-state index is -3.59. The molecule has 1 saturated heterocycles. The summed E-state index contributed by atoms with van der Waals surface area (Å²) in [7, 11) is -3.59. The van der Waals surface area contributed by atoms with E-state index in [1.165, 1.54) is 10.6 Å². The van der Waals surface area contributed by atoms with E-state index in [0.717, 1.165) is 11.1 Å². The van der Waals surface area contributed by atoms with Gasteiger partial charge in [0.1, 0.15) is 0 Å². The van der Waals surface area contributed by atoms with Gasteiger partial charge in [-0.05, 0) is 55.3 Å². The molecule has 1 aromatic heterocycles. The zero-order valence-corrected chi connectivity index (χ0v) is 20.3. The Hall–Kier alpha value is -3.63. The zero-order valence-electron chi connectivity index (χ0n) is 19.4. The van der Waals surface area contributed by atoms with Crippen molar-refractivity contribution in [1.29, 1.82) is 0 Å². The number of rotatable bonds is 6. The molecule has 2 N–H and O–H groups in total. The van der Waals surface area contributed by atoms with Crippen LogP contribution < -0.4 is 10.6 Å². The number of nitrogens with zero attached hydrogens (tertiary/aromatic N) is 2. The molecule has 0 saturated carbocycles. The van der Waals surface area contributed by atoms with E-state index in [1.54, 1.807) is 53.4 Å². The summed E-state index contributed by atoms with van der Waals surface area (Å²) in [4.78, 5) is 26.7. The van der Waals surface area contributed by atoms with Crippen LogP contribution in [0.4, 0.5) is 10.5 Å². The normalized spacial score (nSPS) is 14.8. The van der Waals surface area contributed by atoms with E-state index in [1.807, 2.05) is 19.1 Å². The summed E-state index contributed by atoms with van der Waals surface area (Å²) < 4.78 is 32.5. The van der Waals surface area contributed by atoms with Crippen molar-refractivity contribution in [3.63, 3.8) is 0 Å². The first-order valence-electron chi connectivity index (χ1n) is 11.4. The quantitative estimate of drug-likeness (QED) is 0.543. The number of urea groups is 1. The molecule has 1 aliphatic heterocycles. The molecule has 2 heterocycles. The molecule has 35 heavy (non-hydrogen) atoms. The number of amides is 3. The van der Waals surface area contributed by atoms with Crippen LogP contribution in [-0.2, 0) is 16.6 Å². The molecular weight excluding hydrogens is 468 g/mol. The number of benzene rings is 2. The monoisotopic (exact) mass is 496 g/mol. The number of furan rings is 1. The predicted octanol–water partition coefficient (Wildman–Crippen LogP) is 3.45. The second kappa shape index (κ2) is 10.7. The number of anilines is 1. The van der Waals surface area contributed by atoms with Gasteiger partial charge in [0.25, 0.3) is 5.91 Å². The number of hydrogen-bond acceptors (Lipinski definition) is 5. The number of nitrogens with one attached hydrogen (secondary N) is 2. The molecule has 0 spiro atoms. The molecular formula is C25H28N4O5S. The third kappa shape index (κ3) is 6.09. The lowest BCUT2D eigenvalue weighted by molar-refractivity contribution is 0.0996. The van der Waals surface area contributed by atoms with Crippen molar-refractivity contribution < 1.29 is 22.4 Å². The number of aryl methyl sites for hydroxylation is 1. The summed E-state index contributed by atoms with van der Waals surface area (Å²) in [6.45, 7) is 3.62. The van der Waals surface area contributed by atoms with Crippen molar-refractivity contribution in [2.75, 3.05) is 31.5 Å². The first-order chi connectivity index (χ1) is 16.8. The summed E-state index contributed by atoms with van der Waals surface area (Å²) >= 11 is 0. The topological polar surface area (TPSA) is 112 Å². The van der Waals surface area contributed by atoms with Crippen molar-refractivity contribution >= 4 is 27.6 Å². The van der Waals surface area contributed by atoms with Gasteiger partial charge in [-0.1, -0.05) is 29.8 Å². The minimum Gasteiger partial charge on any atom is -0.459 e.